The van der Waals surface area contributed by atoms with Gasteiger partial charge in [0.1, 0.15) is 0 Å². The zero-order chi connectivity index (χ0) is 11.2. The van der Waals surface area contributed by atoms with Gasteiger partial charge in [-0.1, -0.05) is 30.3 Å². The van der Waals surface area contributed by atoms with E-state index in [0.717, 1.165) is 25.0 Å². The molecule has 2 rings (SSSR count). The van der Waals surface area contributed by atoms with Crippen LogP contribution in [0.3, 0.4) is 0 Å². The highest BCUT2D eigenvalue weighted by molar-refractivity contribution is 5.19. The van der Waals surface area contributed by atoms with Crippen molar-refractivity contribution in [3.8, 4) is 0 Å². The smallest absolute Gasteiger partial charge is 0.0494 e. The zero-order valence-electron chi connectivity index (χ0n) is 10.2. The Kier molecular flexibility index (Phi) is 4.41. The fourth-order valence-electron chi connectivity index (χ4n) is 2.67. The highest BCUT2D eigenvalue weighted by atomic mass is 16.5. The fraction of sp³-hybridized carbons (Fsp3) is 0.600. The molecule has 1 aliphatic rings. The van der Waals surface area contributed by atoms with Gasteiger partial charge in [0.05, 0.1) is 0 Å². The van der Waals surface area contributed by atoms with Gasteiger partial charge in [-0.05, 0) is 50.0 Å². The molecule has 0 amide bonds. The van der Waals surface area contributed by atoms with Crippen molar-refractivity contribution in [3.63, 3.8) is 0 Å². The molecule has 1 saturated carbocycles. The van der Waals surface area contributed by atoms with Crippen molar-refractivity contribution in [3.05, 3.63) is 35.9 Å². The van der Waals surface area contributed by atoms with Crippen LogP contribution in [0.5, 0.6) is 0 Å². The first-order valence-corrected chi connectivity index (χ1v) is 6.53. The summed E-state index contributed by atoms with van der Waals surface area (Å²) in [7, 11) is 0. The standard InChI is InChI=1S/C15H22O/c1-2-16-12-13-8-10-15(11-9-13)14-6-4-3-5-7-14/h3-7,13,15H,2,8-12H2,1H3/t13-,15-. The van der Waals surface area contributed by atoms with Crippen LogP contribution in [0.4, 0.5) is 0 Å². The van der Waals surface area contributed by atoms with Gasteiger partial charge in [0.2, 0.25) is 0 Å². The molecule has 1 nitrogen and oxygen atoms in total. The minimum atomic E-state index is 0.791. The number of rotatable bonds is 4. The van der Waals surface area contributed by atoms with E-state index in [4.69, 9.17) is 4.74 Å². The van der Waals surface area contributed by atoms with E-state index in [9.17, 15) is 0 Å². The normalized spacial score (nSPS) is 25.6. The van der Waals surface area contributed by atoms with E-state index < -0.39 is 0 Å². The number of hydrogen-bond acceptors (Lipinski definition) is 1. The Hall–Kier alpha value is -0.820. The van der Waals surface area contributed by atoms with Gasteiger partial charge in [0, 0.05) is 13.2 Å². The Balaban J connectivity index is 1.81. The maximum Gasteiger partial charge on any atom is 0.0494 e. The van der Waals surface area contributed by atoms with Crippen LogP contribution >= 0.6 is 0 Å². The van der Waals surface area contributed by atoms with Gasteiger partial charge in [-0.25, -0.2) is 0 Å². The summed E-state index contributed by atoms with van der Waals surface area (Å²) in [4.78, 5) is 0. The molecular weight excluding hydrogens is 196 g/mol. The molecule has 0 radical (unpaired) electrons. The van der Waals surface area contributed by atoms with Crippen molar-refractivity contribution in [2.75, 3.05) is 13.2 Å². The summed E-state index contributed by atoms with van der Waals surface area (Å²) < 4.78 is 5.51. The number of benzene rings is 1. The van der Waals surface area contributed by atoms with Gasteiger partial charge in [0.25, 0.3) is 0 Å². The largest absolute Gasteiger partial charge is 0.381 e. The Morgan fingerprint density at radius 3 is 2.38 bits per heavy atom. The van der Waals surface area contributed by atoms with Crippen molar-refractivity contribution >= 4 is 0 Å². The maximum atomic E-state index is 5.51. The summed E-state index contributed by atoms with van der Waals surface area (Å²) in [5.74, 6) is 1.60. The number of ether oxygens (including phenoxy) is 1. The molecule has 16 heavy (non-hydrogen) atoms. The molecule has 0 atom stereocenters. The van der Waals surface area contributed by atoms with Crippen LogP contribution in [0.1, 0.15) is 44.1 Å². The summed E-state index contributed by atoms with van der Waals surface area (Å²) in [5.41, 5.74) is 1.53. The van der Waals surface area contributed by atoms with Crippen LogP contribution in [0.25, 0.3) is 0 Å². The second kappa shape index (κ2) is 6.05. The van der Waals surface area contributed by atoms with E-state index >= 15 is 0 Å². The van der Waals surface area contributed by atoms with Crippen LogP contribution < -0.4 is 0 Å². The van der Waals surface area contributed by atoms with Crippen molar-refractivity contribution in [2.24, 2.45) is 5.92 Å². The first kappa shape index (κ1) is 11.7. The van der Waals surface area contributed by atoms with E-state index in [2.05, 4.69) is 37.3 Å². The van der Waals surface area contributed by atoms with Crippen LogP contribution in [0, 0.1) is 5.92 Å². The average Bonchev–Trinajstić information content (AvgIpc) is 2.38. The average molecular weight is 218 g/mol. The molecule has 0 spiro atoms. The lowest BCUT2D eigenvalue weighted by molar-refractivity contribution is 0.0920. The highest BCUT2D eigenvalue weighted by Gasteiger charge is 2.21. The fourth-order valence-corrected chi connectivity index (χ4v) is 2.67. The Morgan fingerprint density at radius 1 is 1.06 bits per heavy atom. The third-order valence-electron chi connectivity index (χ3n) is 3.68. The molecule has 0 saturated heterocycles. The van der Waals surface area contributed by atoms with Crippen LogP contribution in [-0.2, 0) is 4.74 Å². The lowest BCUT2D eigenvalue weighted by atomic mass is 9.79. The molecular formula is C15H22O. The molecule has 1 fully saturated rings. The van der Waals surface area contributed by atoms with Gasteiger partial charge in [0.15, 0.2) is 0 Å². The summed E-state index contributed by atoms with van der Waals surface area (Å²) in [6.07, 6.45) is 5.34. The van der Waals surface area contributed by atoms with Gasteiger partial charge in [-0.2, -0.15) is 0 Å². The second-order valence-corrected chi connectivity index (χ2v) is 4.79. The summed E-state index contributed by atoms with van der Waals surface area (Å²) in [6, 6.07) is 11.0. The molecule has 1 aromatic carbocycles. The van der Waals surface area contributed by atoms with Crippen molar-refractivity contribution in [2.45, 2.75) is 38.5 Å². The van der Waals surface area contributed by atoms with E-state index in [0.29, 0.717) is 0 Å². The van der Waals surface area contributed by atoms with Gasteiger partial charge >= 0.3 is 0 Å². The van der Waals surface area contributed by atoms with Crippen LogP contribution in [0.15, 0.2) is 30.3 Å². The number of hydrogen-bond donors (Lipinski definition) is 0. The molecule has 88 valence electrons. The zero-order valence-corrected chi connectivity index (χ0v) is 10.2. The minimum absolute atomic E-state index is 0.791. The first-order valence-electron chi connectivity index (χ1n) is 6.53. The molecule has 0 unspecified atom stereocenters. The molecule has 0 aliphatic heterocycles. The molecule has 0 aromatic heterocycles. The molecule has 0 bridgehead atoms. The molecule has 0 N–H and O–H groups in total. The third kappa shape index (κ3) is 3.08. The van der Waals surface area contributed by atoms with Crippen molar-refractivity contribution in [1.82, 2.24) is 0 Å². The van der Waals surface area contributed by atoms with E-state index in [-0.39, 0.29) is 0 Å². The van der Waals surface area contributed by atoms with Gasteiger partial charge in [-0.15, -0.1) is 0 Å². The maximum absolute atomic E-state index is 5.51. The van der Waals surface area contributed by atoms with E-state index in [1.165, 1.54) is 31.2 Å². The lowest BCUT2D eigenvalue weighted by Crippen LogP contribution is -2.17. The summed E-state index contributed by atoms with van der Waals surface area (Å²) in [6.45, 7) is 3.91. The SMILES string of the molecule is CCOC[C@H]1CC[C@H](c2ccccc2)CC1. The van der Waals surface area contributed by atoms with Crippen molar-refractivity contribution < 1.29 is 4.74 Å². The molecule has 1 aliphatic carbocycles. The van der Waals surface area contributed by atoms with Crippen molar-refractivity contribution in [1.29, 1.82) is 0 Å². The quantitative estimate of drug-likeness (QED) is 0.742. The second-order valence-electron chi connectivity index (χ2n) is 4.79. The Morgan fingerprint density at radius 2 is 1.75 bits per heavy atom. The summed E-state index contributed by atoms with van der Waals surface area (Å²) in [5, 5.41) is 0. The predicted molar refractivity (Wildman–Crippen MR) is 67.6 cm³/mol. The predicted octanol–water partition coefficient (Wildman–Crippen LogP) is 4.00. The van der Waals surface area contributed by atoms with E-state index in [1.54, 1.807) is 0 Å². The Labute approximate surface area is 98.8 Å². The highest BCUT2D eigenvalue weighted by Crippen LogP contribution is 2.35. The third-order valence-corrected chi connectivity index (χ3v) is 3.68. The molecule has 1 heteroatoms. The van der Waals surface area contributed by atoms with Crippen LogP contribution in [-0.4, -0.2) is 13.2 Å². The van der Waals surface area contributed by atoms with Crippen LogP contribution in [0.2, 0.25) is 0 Å². The Bertz CT molecular complexity index is 286. The van der Waals surface area contributed by atoms with Gasteiger partial charge in [-0.3, -0.25) is 0 Å². The van der Waals surface area contributed by atoms with Gasteiger partial charge < -0.3 is 4.74 Å². The first-order chi connectivity index (χ1) is 7.90. The monoisotopic (exact) mass is 218 g/mol. The van der Waals surface area contributed by atoms with E-state index in [1.807, 2.05) is 0 Å². The molecule has 0 heterocycles. The minimum Gasteiger partial charge on any atom is -0.381 e. The summed E-state index contributed by atoms with van der Waals surface area (Å²) >= 11 is 0. The molecule has 1 aromatic rings. The topological polar surface area (TPSA) is 9.23 Å². The lowest BCUT2D eigenvalue weighted by Gasteiger charge is -2.28.